The molecule has 1 atom stereocenters. The standard InChI is InChI=1S/C18H22N4O/c1-21(12-5-8-15-6-3-2-4-7-15)18-19-11-9-17(20-18)22-13-10-16(23)14-22/h2-9,11,16,23H,10,12-14H2,1H3/b8-5+/t16-/m0/s1. The maximum Gasteiger partial charge on any atom is 0.227 e. The van der Waals surface area contributed by atoms with E-state index < -0.39 is 0 Å². The molecule has 1 N–H and O–H groups in total. The van der Waals surface area contributed by atoms with E-state index in [2.05, 4.69) is 39.2 Å². The van der Waals surface area contributed by atoms with Crippen LogP contribution in [0.25, 0.3) is 6.08 Å². The molecule has 1 fully saturated rings. The summed E-state index contributed by atoms with van der Waals surface area (Å²) in [6, 6.07) is 12.1. The van der Waals surface area contributed by atoms with Gasteiger partial charge in [-0.15, -0.1) is 0 Å². The lowest BCUT2D eigenvalue weighted by Crippen LogP contribution is -2.24. The average Bonchev–Trinajstić information content (AvgIpc) is 3.02. The van der Waals surface area contributed by atoms with Gasteiger partial charge in [-0.25, -0.2) is 4.98 Å². The van der Waals surface area contributed by atoms with Gasteiger partial charge in [0.15, 0.2) is 0 Å². The maximum absolute atomic E-state index is 9.66. The topological polar surface area (TPSA) is 52.5 Å². The third kappa shape index (κ3) is 4.07. The Morgan fingerprint density at radius 1 is 1.30 bits per heavy atom. The second-order valence-electron chi connectivity index (χ2n) is 5.80. The summed E-state index contributed by atoms with van der Waals surface area (Å²) in [5.74, 6) is 1.58. The Labute approximate surface area is 136 Å². The van der Waals surface area contributed by atoms with Crippen LogP contribution in [-0.4, -0.2) is 47.9 Å². The summed E-state index contributed by atoms with van der Waals surface area (Å²) in [7, 11) is 1.98. The number of β-amino-alcohol motifs (C(OH)–C–C–N with tert-alkyl or cyclic N) is 1. The van der Waals surface area contributed by atoms with Crippen molar-refractivity contribution in [3.8, 4) is 0 Å². The van der Waals surface area contributed by atoms with Gasteiger partial charge in [0.05, 0.1) is 6.10 Å². The van der Waals surface area contributed by atoms with Crippen LogP contribution in [0, 0.1) is 0 Å². The van der Waals surface area contributed by atoms with Crippen molar-refractivity contribution in [3.05, 3.63) is 54.2 Å². The first kappa shape index (κ1) is 15.5. The number of rotatable bonds is 5. The van der Waals surface area contributed by atoms with Gasteiger partial charge in [-0.3, -0.25) is 0 Å². The van der Waals surface area contributed by atoms with Crippen molar-refractivity contribution in [2.24, 2.45) is 0 Å². The predicted molar refractivity (Wildman–Crippen MR) is 93.6 cm³/mol. The molecule has 1 aliphatic rings. The molecular formula is C18H22N4O. The van der Waals surface area contributed by atoms with Crippen LogP contribution in [0.4, 0.5) is 11.8 Å². The molecule has 23 heavy (non-hydrogen) atoms. The molecule has 2 heterocycles. The fraction of sp³-hybridized carbons (Fsp3) is 0.333. The molecule has 1 aromatic carbocycles. The van der Waals surface area contributed by atoms with Gasteiger partial charge in [-0.1, -0.05) is 42.5 Å². The molecule has 5 nitrogen and oxygen atoms in total. The van der Waals surface area contributed by atoms with Crippen molar-refractivity contribution in [2.75, 3.05) is 36.5 Å². The number of likely N-dealkylation sites (N-methyl/N-ethyl adjacent to an activating group) is 1. The summed E-state index contributed by atoms with van der Waals surface area (Å²) in [5.41, 5.74) is 1.18. The first-order valence-electron chi connectivity index (χ1n) is 7.91. The average molecular weight is 310 g/mol. The van der Waals surface area contributed by atoms with Gasteiger partial charge in [0.2, 0.25) is 5.95 Å². The number of benzene rings is 1. The number of hydrogen-bond donors (Lipinski definition) is 1. The SMILES string of the molecule is CN(C/C=C/c1ccccc1)c1nccc(N2CC[C@H](O)C2)n1. The maximum atomic E-state index is 9.66. The summed E-state index contributed by atoms with van der Waals surface area (Å²) in [5, 5.41) is 9.66. The quantitative estimate of drug-likeness (QED) is 0.917. The van der Waals surface area contributed by atoms with Gasteiger partial charge in [0.25, 0.3) is 0 Å². The first-order valence-corrected chi connectivity index (χ1v) is 7.91. The van der Waals surface area contributed by atoms with Crippen molar-refractivity contribution in [1.82, 2.24) is 9.97 Å². The lowest BCUT2D eigenvalue weighted by molar-refractivity contribution is 0.198. The van der Waals surface area contributed by atoms with Gasteiger partial charge in [-0.05, 0) is 18.1 Å². The molecule has 0 saturated carbocycles. The molecule has 1 aromatic heterocycles. The van der Waals surface area contributed by atoms with Crippen molar-refractivity contribution >= 4 is 17.8 Å². The third-order valence-corrected chi connectivity index (χ3v) is 3.95. The van der Waals surface area contributed by atoms with Crippen molar-refractivity contribution in [3.63, 3.8) is 0 Å². The van der Waals surface area contributed by atoms with Gasteiger partial charge in [0.1, 0.15) is 5.82 Å². The summed E-state index contributed by atoms with van der Waals surface area (Å²) < 4.78 is 0. The fourth-order valence-corrected chi connectivity index (χ4v) is 2.64. The highest BCUT2D eigenvalue weighted by Gasteiger charge is 2.21. The van der Waals surface area contributed by atoms with Crippen LogP contribution in [0.2, 0.25) is 0 Å². The molecular weight excluding hydrogens is 288 g/mol. The van der Waals surface area contributed by atoms with Gasteiger partial charge in [-0.2, -0.15) is 4.98 Å². The molecule has 0 aliphatic carbocycles. The highest BCUT2D eigenvalue weighted by Crippen LogP contribution is 2.19. The van der Waals surface area contributed by atoms with Gasteiger partial charge in [0, 0.05) is 32.9 Å². The summed E-state index contributed by atoms with van der Waals surface area (Å²) in [6.45, 7) is 2.23. The van der Waals surface area contributed by atoms with Crippen LogP contribution in [0.3, 0.4) is 0 Å². The predicted octanol–water partition coefficient (Wildman–Crippen LogP) is 2.20. The smallest absolute Gasteiger partial charge is 0.227 e. The number of aliphatic hydroxyl groups excluding tert-OH is 1. The number of aromatic nitrogens is 2. The molecule has 1 saturated heterocycles. The minimum atomic E-state index is -0.250. The van der Waals surface area contributed by atoms with Gasteiger partial charge < -0.3 is 14.9 Å². The van der Waals surface area contributed by atoms with E-state index in [0.717, 1.165) is 25.3 Å². The van der Waals surface area contributed by atoms with Crippen LogP contribution in [0.15, 0.2) is 48.7 Å². The summed E-state index contributed by atoms with van der Waals surface area (Å²) in [6.07, 6.45) is 6.52. The monoisotopic (exact) mass is 310 g/mol. The highest BCUT2D eigenvalue weighted by atomic mass is 16.3. The zero-order valence-electron chi connectivity index (χ0n) is 13.3. The van der Waals surface area contributed by atoms with E-state index in [-0.39, 0.29) is 6.10 Å². The van der Waals surface area contributed by atoms with E-state index in [4.69, 9.17) is 0 Å². The van der Waals surface area contributed by atoms with E-state index in [1.54, 1.807) is 6.20 Å². The third-order valence-electron chi connectivity index (χ3n) is 3.95. The lowest BCUT2D eigenvalue weighted by Gasteiger charge is -2.20. The minimum Gasteiger partial charge on any atom is -0.391 e. The van der Waals surface area contributed by atoms with E-state index in [1.807, 2.05) is 36.2 Å². The number of aliphatic hydroxyl groups is 1. The molecule has 0 unspecified atom stereocenters. The molecule has 2 aromatic rings. The second-order valence-corrected chi connectivity index (χ2v) is 5.80. The first-order chi connectivity index (χ1) is 11.2. The Morgan fingerprint density at radius 3 is 2.87 bits per heavy atom. The van der Waals surface area contributed by atoms with Crippen LogP contribution in [0.1, 0.15) is 12.0 Å². The molecule has 3 rings (SSSR count). The number of hydrogen-bond acceptors (Lipinski definition) is 5. The van der Waals surface area contributed by atoms with Crippen LogP contribution in [-0.2, 0) is 0 Å². The molecule has 0 spiro atoms. The van der Waals surface area contributed by atoms with E-state index in [1.165, 1.54) is 5.56 Å². The summed E-state index contributed by atoms with van der Waals surface area (Å²) >= 11 is 0. The van der Waals surface area contributed by atoms with Crippen molar-refractivity contribution < 1.29 is 5.11 Å². The molecule has 0 radical (unpaired) electrons. The van der Waals surface area contributed by atoms with Crippen molar-refractivity contribution in [2.45, 2.75) is 12.5 Å². The van der Waals surface area contributed by atoms with Gasteiger partial charge >= 0.3 is 0 Å². The highest BCUT2D eigenvalue weighted by molar-refractivity contribution is 5.50. The van der Waals surface area contributed by atoms with E-state index in [0.29, 0.717) is 12.5 Å². The largest absolute Gasteiger partial charge is 0.391 e. The molecule has 5 heteroatoms. The number of nitrogens with zero attached hydrogens (tertiary/aromatic N) is 4. The Morgan fingerprint density at radius 2 is 2.13 bits per heavy atom. The summed E-state index contributed by atoms with van der Waals surface area (Å²) in [4.78, 5) is 13.1. The van der Waals surface area contributed by atoms with E-state index in [9.17, 15) is 5.11 Å². The Kier molecular flexibility index (Phi) is 4.88. The molecule has 0 bridgehead atoms. The second kappa shape index (κ2) is 7.24. The normalized spacial score (nSPS) is 17.8. The zero-order chi connectivity index (χ0) is 16.1. The number of anilines is 2. The Bertz CT molecular complexity index is 659. The van der Waals surface area contributed by atoms with Crippen LogP contribution in [0.5, 0.6) is 0 Å². The molecule has 120 valence electrons. The minimum absolute atomic E-state index is 0.250. The Hall–Kier alpha value is -2.40. The zero-order valence-corrected chi connectivity index (χ0v) is 13.3. The molecule has 1 aliphatic heterocycles. The lowest BCUT2D eigenvalue weighted by atomic mass is 10.2. The van der Waals surface area contributed by atoms with Crippen LogP contribution < -0.4 is 9.80 Å². The fourth-order valence-electron chi connectivity index (χ4n) is 2.64. The van der Waals surface area contributed by atoms with Crippen molar-refractivity contribution in [1.29, 1.82) is 0 Å². The molecule has 0 amide bonds. The van der Waals surface area contributed by atoms with Crippen LogP contribution >= 0.6 is 0 Å². The Balaban J connectivity index is 1.63. The van der Waals surface area contributed by atoms with E-state index >= 15 is 0 Å².